The van der Waals surface area contributed by atoms with Crippen LogP contribution in [0.5, 0.6) is 17.2 Å². The Morgan fingerprint density at radius 3 is 2.25 bits per heavy atom. The molecule has 0 bridgehead atoms. The van der Waals surface area contributed by atoms with Crippen molar-refractivity contribution in [3.63, 3.8) is 0 Å². The predicted molar refractivity (Wildman–Crippen MR) is 133 cm³/mol. The van der Waals surface area contributed by atoms with Crippen molar-refractivity contribution in [2.45, 2.75) is 26.2 Å². The lowest BCUT2D eigenvalue weighted by molar-refractivity contribution is -0.117. The molecule has 5 nitrogen and oxygen atoms in total. The SMILES string of the molecule is COc1ccc(Oc2c(Br)cc(CC(C)=O)cc2Br)cc1NC(=O)CCc1ccccc1. The topological polar surface area (TPSA) is 64.6 Å². The number of carbonyl (C=O) groups is 2. The Kier molecular flexibility index (Phi) is 8.47. The van der Waals surface area contributed by atoms with Gasteiger partial charge in [-0.3, -0.25) is 9.59 Å². The summed E-state index contributed by atoms with van der Waals surface area (Å²) in [6, 6.07) is 18.8. The summed E-state index contributed by atoms with van der Waals surface area (Å²) in [7, 11) is 1.55. The maximum Gasteiger partial charge on any atom is 0.224 e. The summed E-state index contributed by atoms with van der Waals surface area (Å²) in [5.41, 5.74) is 2.52. The van der Waals surface area contributed by atoms with E-state index in [1.807, 2.05) is 42.5 Å². The minimum absolute atomic E-state index is 0.0836. The average Bonchev–Trinajstić information content (AvgIpc) is 2.75. The highest BCUT2D eigenvalue weighted by Crippen LogP contribution is 2.39. The van der Waals surface area contributed by atoms with E-state index in [4.69, 9.17) is 9.47 Å². The molecule has 0 saturated carbocycles. The fraction of sp³-hybridized carbons (Fsp3) is 0.200. The summed E-state index contributed by atoms with van der Waals surface area (Å²) in [6.07, 6.45) is 1.35. The molecule has 0 atom stereocenters. The molecular formula is C25H23Br2NO4. The van der Waals surface area contributed by atoms with Crippen molar-refractivity contribution in [2.75, 3.05) is 12.4 Å². The first kappa shape index (κ1) is 24.0. The van der Waals surface area contributed by atoms with Gasteiger partial charge in [-0.05, 0) is 80.6 Å². The molecule has 32 heavy (non-hydrogen) atoms. The number of benzene rings is 3. The number of aryl methyl sites for hydroxylation is 1. The number of amides is 1. The zero-order valence-corrected chi connectivity index (χ0v) is 21.0. The summed E-state index contributed by atoms with van der Waals surface area (Å²) in [6.45, 7) is 1.55. The molecule has 0 unspecified atom stereocenters. The fourth-order valence-corrected chi connectivity index (χ4v) is 4.62. The Balaban J connectivity index is 1.74. The van der Waals surface area contributed by atoms with Gasteiger partial charge in [0.1, 0.15) is 17.3 Å². The van der Waals surface area contributed by atoms with Gasteiger partial charge < -0.3 is 14.8 Å². The first-order valence-electron chi connectivity index (χ1n) is 10.0. The van der Waals surface area contributed by atoms with Gasteiger partial charge >= 0.3 is 0 Å². The molecular weight excluding hydrogens is 538 g/mol. The standard InChI is InChI=1S/C25H23Br2NO4/c1-16(29)12-18-13-20(26)25(21(27)14-18)32-19-9-10-23(31-2)22(15-19)28-24(30)11-8-17-6-4-3-5-7-17/h3-7,9-10,13-15H,8,11-12H2,1-2H3,(H,28,30). The Morgan fingerprint density at radius 1 is 0.938 bits per heavy atom. The average molecular weight is 561 g/mol. The third-order valence-corrected chi connectivity index (χ3v) is 5.84. The molecule has 1 N–H and O–H groups in total. The maximum atomic E-state index is 12.5. The number of ether oxygens (including phenoxy) is 2. The van der Waals surface area contributed by atoms with Crippen LogP contribution >= 0.6 is 31.9 Å². The highest BCUT2D eigenvalue weighted by atomic mass is 79.9. The van der Waals surface area contributed by atoms with Crippen LogP contribution in [0.15, 0.2) is 69.6 Å². The van der Waals surface area contributed by atoms with E-state index in [1.165, 1.54) is 0 Å². The van der Waals surface area contributed by atoms with E-state index in [1.54, 1.807) is 32.2 Å². The Morgan fingerprint density at radius 2 is 1.62 bits per heavy atom. The van der Waals surface area contributed by atoms with Gasteiger partial charge in [0.15, 0.2) is 5.75 Å². The van der Waals surface area contributed by atoms with Gasteiger partial charge in [0.25, 0.3) is 0 Å². The molecule has 0 saturated heterocycles. The first-order valence-corrected chi connectivity index (χ1v) is 11.6. The van der Waals surface area contributed by atoms with Crippen molar-refractivity contribution >= 4 is 49.2 Å². The van der Waals surface area contributed by atoms with Gasteiger partial charge in [-0.1, -0.05) is 30.3 Å². The van der Waals surface area contributed by atoms with Crippen LogP contribution in [-0.4, -0.2) is 18.8 Å². The van der Waals surface area contributed by atoms with Crippen LogP contribution in [0, 0.1) is 0 Å². The lowest BCUT2D eigenvalue weighted by Crippen LogP contribution is -2.13. The highest BCUT2D eigenvalue weighted by Gasteiger charge is 2.14. The van der Waals surface area contributed by atoms with E-state index in [2.05, 4.69) is 37.2 Å². The van der Waals surface area contributed by atoms with E-state index in [0.717, 1.165) is 11.1 Å². The summed E-state index contributed by atoms with van der Waals surface area (Å²) in [5.74, 6) is 1.62. The molecule has 0 heterocycles. The Labute approximate surface area is 204 Å². The molecule has 1 amide bonds. The first-order chi connectivity index (χ1) is 15.4. The molecule has 0 radical (unpaired) electrons. The van der Waals surface area contributed by atoms with Crippen molar-refractivity contribution in [1.29, 1.82) is 0 Å². The van der Waals surface area contributed by atoms with E-state index in [0.29, 0.717) is 51.1 Å². The van der Waals surface area contributed by atoms with Gasteiger partial charge in [0.05, 0.1) is 21.7 Å². The monoisotopic (exact) mass is 559 g/mol. The normalized spacial score (nSPS) is 10.5. The number of halogens is 2. The van der Waals surface area contributed by atoms with Gasteiger partial charge in [0, 0.05) is 18.9 Å². The van der Waals surface area contributed by atoms with E-state index < -0.39 is 0 Å². The predicted octanol–water partition coefficient (Wildman–Crippen LogP) is 6.72. The largest absolute Gasteiger partial charge is 0.495 e. The van der Waals surface area contributed by atoms with Crippen LogP contribution in [0.2, 0.25) is 0 Å². The smallest absolute Gasteiger partial charge is 0.224 e. The summed E-state index contributed by atoms with van der Waals surface area (Å²) in [5, 5.41) is 2.91. The maximum absolute atomic E-state index is 12.5. The van der Waals surface area contributed by atoms with Crippen LogP contribution in [-0.2, 0) is 22.4 Å². The second-order valence-electron chi connectivity index (χ2n) is 7.27. The third-order valence-electron chi connectivity index (χ3n) is 4.66. The number of carbonyl (C=O) groups excluding carboxylic acids is 2. The molecule has 0 aliphatic rings. The number of nitrogens with one attached hydrogen (secondary N) is 1. The van der Waals surface area contributed by atoms with Gasteiger partial charge in [-0.2, -0.15) is 0 Å². The lowest BCUT2D eigenvalue weighted by Gasteiger charge is -2.15. The third kappa shape index (κ3) is 6.68. The quantitative estimate of drug-likeness (QED) is 0.315. The number of anilines is 1. The van der Waals surface area contributed by atoms with E-state index >= 15 is 0 Å². The minimum atomic E-state index is -0.111. The molecule has 0 aliphatic carbocycles. The molecule has 3 rings (SSSR count). The van der Waals surface area contributed by atoms with Gasteiger partial charge in [0.2, 0.25) is 5.91 Å². The second-order valence-corrected chi connectivity index (χ2v) is 8.97. The van der Waals surface area contributed by atoms with Gasteiger partial charge in [-0.15, -0.1) is 0 Å². The van der Waals surface area contributed by atoms with Crippen LogP contribution in [0.25, 0.3) is 0 Å². The van der Waals surface area contributed by atoms with Crippen molar-refractivity contribution in [3.05, 3.63) is 80.7 Å². The Hall–Kier alpha value is -2.64. The molecule has 3 aromatic carbocycles. The zero-order valence-electron chi connectivity index (χ0n) is 17.8. The molecule has 0 spiro atoms. The van der Waals surface area contributed by atoms with E-state index in [-0.39, 0.29) is 11.7 Å². The molecule has 166 valence electrons. The number of methoxy groups -OCH3 is 1. The summed E-state index contributed by atoms with van der Waals surface area (Å²) >= 11 is 7.03. The fourth-order valence-electron chi connectivity index (χ4n) is 3.18. The van der Waals surface area contributed by atoms with Crippen LogP contribution in [0.3, 0.4) is 0 Å². The number of Topliss-reactive ketones (excluding diaryl/α,β-unsaturated/α-hetero) is 1. The zero-order chi connectivity index (χ0) is 23.1. The number of hydrogen-bond acceptors (Lipinski definition) is 4. The second kappa shape index (κ2) is 11.3. The van der Waals surface area contributed by atoms with Crippen molar-refractivity contribution < 1.29 is 19.1 Å². The van der Waals surface area contributed by atoms with Crippen molar-refractivity contribution in [1.82, 2.24) is 0 Å². The van der Waals surface area contributed by atoms with Crippen molar-refractivity contribution in [2.24, 2.45) is 0 Å². The molecule has 3 aromatic rings. The molecule has 0 fully saturated rings. The van der Waals surface area contributed by atoms with Crippen LogP contribution < -0.4 is 14.8 Å². The minimum Gasteiger partial charge on any atom is -0.495 e. The molecule has 0 aliphatic heterocycles. The lowest BCUT2D eigenvalue weighted by atomic mass is 10.1. The molecule has 7 heteroatoms. The number of hydrogen-bond donors (Lipinski definition) is 1. The number of ketones is 1. The van der Waals surface area contributed by atoms with E-state index in [9.17, 15) is 9.59 Å². The molecule has 0 aromatic heterocycles. The highest BCUT2D eigenvalue weighted by molar-refractivity contribution is 9.11. The van der Waals surface area contributed by atoms with Gasteiger partial charge in [-0.25, -0.2) is 0 Å². The van der Waals surface area contributed by atoms with Crippen LogP contribution in [0.4, 0.5) is 5.69 Å². The number of rotatable bonds is 9. The van der Waals surface area contributed by atoms with Crippen LogP contribution in [0.1, 0.15) is 24.5 Å². The summed E-state index contributed by atoms with van der Waals surface area (Å²) in [4.78, 5) is 23.9. The van der Waals surface area contributed by atoms with Crippen molar-refractivity contribution in [3.8, 4) is 17.2 Å². The summed E-state index contributed by atoms with van der Waals surface area (Å²) < 4.78 is 12.9. The Bertz CT molecular complexity index is 1090.